The minimum Gasteiger partial charge on any atom is -0.379 e. The largest absolute Gasteiger partial charge is 0.379 e. The van der Waals surface area contributed by atoms with Crippen LogP contribution in [-0.2, 0) is 67.1 Å². The van der Waals surface area contributed by atoms with Crippen molar-refractivity contribution in [2.45, 2.75) is 228 Å². The molecule has 8 amide bonds. The number of primary amides is 1. The maximum Gasteiger partial charge on any atom is 0.312 e. The number of anilines is 2. The molecule has 97 heavy (non-hydrogen) atoms. The fraction of sp³-hybridized carbons (Fsp3) is 0.649. The molecule has 1 heterocycles. The smallest absolute Gasteiger partial charge is 0.312 e. The molecule has 1 unspecified atom stereocenters. The van der Waals surface area contributed by atoms with Crippen molar-refractivity contribution in [2.24, 2.45) is 52.6 Å². The molecule has 0 spiro atoms. The lowest BCUT2D eigenvalue weighted by molar-refractivity contribution is -0.149. The van der Waals surface area contributed by atoms with Crippen molar-refractivity contribution in [3.8, 4) is 0 Å². The first-order valence-corrected chi connectivity index (χ1v) is 35.6. The molecule has 3 aromatic carbocycles. The molecule has 3 aromatic rings. The van der Waals surface area contributed by atoms with Crippen LogP contribution in [0.1, 0.15) is 183 Å². The minimum absolute atomic E-state index is 0.0192. The molecule has 1 aliphatic heterocycles. The van der Waals surface area contributed by atoms with Gasteiger partial charge in [-0.2, -0.15) is 0 Å². The van der Waals surface area contributed by atoms with E-state index in [2.05, 4.69) is 54.3 Å². The number of unbranched alkanes of at least 4 members (excludes halogenated alkanes) is 2. The number of nitrogens with two attached hydrogens (primary N) is 1. The Balaban J connectivity index is 1.41. The minimum atomic E-state index is -0.972. The summed E-state index contributed by atoms with van der Waals surface area (Å²) in [6, 6.07) is 20.9. The number of hydrogen-bond donors (Lipinski definition) is 6. The number of likely N-dealkylation sites (N-methyl/N-ethyl adjacent to an activating group) is 2. The molecule has 1 aliphatic rings. The predicted molar refractivity (Wildman–Crippen MR) is 385 cm³/mol. The number of ketones is 2. The molecule has 7 N–H and O–H groups in total. The lowest BCUT2D eigenvalue weighted by Crippen LogP contribution is -2.55. The molecule has 20 heteroatoms. The highest BCUT2D eigenvalue weighted by Crippen LogP contribution is 2.32. The fourth-order valence-electron chi connectivity index (χ4n) is 13.6. The van der Waals surface area contributed by atoms with Crippen LogP contribution in [0, 0.1) is 46.8 Å². The van der Waals surface area contributed by atoms with Gasteiger partial charge in [0.05, 0.1) is 48.7 Å². The van der Waals surface area contributed by atoms with E-state index in [9.17, 15) is 43.2 Å². The Morgan fingerprint density at radius 2 is 1.26 bits per heavy atom. The highest BCUT2D eigenvalue weighted by atomic mass is 16.5. The van der Waals surface area contributed by atoms with Crippen LogP contribution in [0.15, 0.2) is 78.9 Å². The molecule has 20 nitrogen and oxygen atoms in total. The van der Waals surface area contributed by atoms with Crippen LogP contribution >= 0.6 is 0 Å². The van der Waals surface area contributed by atoms with Gasteiger partial charge in [-0.05, 0) is 136 Å². The second-order valence-corrected chi connectivity index (χ2v) is 29.6. The highest BCUT2D eigenvalue weighted by molar-refractivity contribution is 5.99. The van der Waals surface area contributed by atoms with Gasteiger partial charge in [-0.1, -0.05) is 157 Å². The summed E-state index contributed by atoms with van der Waals surface area (Å²) < 4.78 is 12.3. The number of methoxy groups -OCH3 is 2. The molecule has 1 fully saturated rings. The molecule has 4 rings (SSSR count). The number of hydrogen-bond acceptors (Lipinski definition) is 12. The lowest BCUT2D eigenvalue weighted by atomic mass is 9.83. The third-order valence-corrected chi connectivity index (χ3v) is 19.4. The topological polar surface area (TPSA) is 268 Å². The second-order valence-electron chi connectivity index (χ2n) is 29.6. The summed E-state index contributed by atoms with van der Waals surface area (Å²) in [4.78, 5) is 129. The number of amides is 8. The van der Waals surface area contributed by atoms with Gasteiger partial charge in [-0.15, -0.1) is 0 Å². The van der Waals surface area contributed by atoms with Crippen LogP contribution < -0.4 is 32.3 Å². The van der Waals surface area contributed by atoms with Gasteiger partial charge >= 0.3 is 6.03 Å². The molecule has 0 radical (unpaired) electrons. The summed E-state index contributed by atoms with van der Waals surface area (Å²) in [5, 5.41) is 14.6. The van der Waals surface area contributed by atoms with Gasteiger partial charge in [-0.3, -0.25) is 43.3 Å². The fourth-order valence-corrected chi connectivity index (χ4v) is 13.6. The standard InChI is InChI=1S/C77H121N9O11/c1-18-52(8)70(85(15)75(94)60(49(2)3)47-64(88)69(51(6)7)84(13)14)65(96-16)48-67(90)86-44-26-30-62(86)71(97-17)53(9)72(91)82-61(45-56-27-21-19-22-28-56)74(93)81-59-40-36-55(37-41-59)33-32-54-34-38-58(39-35-54)80-73(92)57(29-25-43-79-76(78)95)46-63(87)68(50(4)5)83-66(89)31-23-20-24-42-77(10,11)12/h19,21-22,27-28,34-41,49-53,57,60-62,65,68-71H,18,20,23-26,29-33,42-48H2,1-17H3,(H,80,92)(H,81,93)(H,82,91)(H,83,89)(H3,78,79,95)/t52-,53+,57+,60?,61-,62-,65+,68-,69-,70-,71+/m0/s1. The van der Waals surface area contributed by atoms with Crippen molar-refractivity contribution in [3.05, 3.63) is 95.6 Å². The van der Waals surface area contributed by atoms with Gasteiger partial charge in [0.15, 0.2) is 11.6 Å². The quantitative estimate of drug-likeness (QED) is 0.0289. The number of benzene rings is 3. The Morgan fingerprint density at radius 3 is 1.77 bits per heavy atom. The van der Waals surface area contributed by atoms with Gasteiger partial charge in [0.25, 0.3) is 0 Å². The average Bonchev–Trinajstić information content (AvgIpc) is 1.80. The average molecular weight is 1350 g/mol. The SMILES string of the molecule is CC[C@H](C)[C@@H]([C@@H](CC(=O)N1CCC[C@H]1[C@H](OC)[C@@H](C)C(=O)N[C@@H](Cc1ccccc1)C(=O)Nc1ccc(CCc2ccc(NC(=O)[C@H](CCCNC(N)=O)CC(=O)[C@@H](NC(=O)CCCCCC(C)(C)C)C(C)C)cc2)cc1)OC)N(C)C(=O)C(CC(=O)[C@H](C(C)C)N(C)C)C(C)C. The van der Waals surface area contributed by atoms with E-state index in [1.54, 1.807) is 30.9 Å². The van der Waals surface area contributed by atoms with E-state index in [0.29, 0.717) is 69.3 Å². The Hall–Kier alpha value is -7.03. The number of aryl methyl sites for hydroxylation is 2. The number of nitrogens with zero attached hydrogens (tertiary/aromatic N) is 3. The van der Waals surface area contributed by atoms with E-state index < -0.39 is 72.0 Å². The molecular weight excluding hydrogens is 1230 g/mol. The first-order chi connectivity index (χ1) is 45.8. The summed E-state index contributed by atoms with van der Waals surface area (Å²) >= 11 is 0. The van der Waals surface area contributed by atoms with Crippen LogP contribution in [0.25, 0.3) is 0 Å². The first kappa shape index (κ1) is 82.4. The van der Waals surface area contributed by atoms with Crippen molar-refractivity contribution >= 4 is 64.4 Å². The maximum absolute atomic E-state index is 14.7. The summed E-state index contributed by atoms with van der Waals surface area (Å²) in [7, 11) is 8.63. The van der Waals surface area contributed by atoms with Crippen LogP contribution in [-0.4, -0.2) is 159 Å². The van der Waals surface area contributed by atoms with Gasteiger partial charge < -0.3 is 51.6 Å². The van der Waals surface area contributed by atoms with Crippen LogP contribution in [0.5, 0.6) is 0 Å². The Kier molecular flexibility index (Phi) is 34.6. The van der Waals surface area contributed by atoms with Crippen molar-refractivity contribution in [1.29, 1.82) is 0 Å². The number of likely N-dealkylation sites (tertiary alicyclic amines) is 1. The van der Waals surface area contributed by atoms with Crippen molar-refractivity contribution in [1.82, 2.24) is 30.7 Å². The number of ether oxygens (including phenoxy) is 2. The molecule has 0 saturated carbocycles. The first-order valence-electron chi connectivity index (χ1n) is 35.6. The normalized spacial score (nSPS) is 16.5. The number of carbonyl (C=O) groups excluding carboxylic acids is 9. The molecule has 0 aliphatic carbocycles. The predicted octanol–water partition coefficient (Wildman–Crippen LogP) is 11.0. The summed E-state index contributed by atoms with van der Waals surface area (Å²) in [6.45, 7) is 24.8. The number of Topliss-reactive ketones (excluding diaryl/α,β-unsaturated/α-hetero) is 2. The van der Waals surface area contributed by atoms with Crippen LogP contribution in [0.3, 0.4) is 0 Å². The van der Waals surface area contributed by atoms with E-state index in [-0.39, 0.29) is 103 Å². The molecular formula is C77H121N9O11. The van der Waals surface area contributed by atoms with Gasteiger partial charge in [0.2, 0.25) is 35.4 Å². The molecule has 1 saturated heterocycles. The Bertz CT molecular complexity index is 2960. The molecule has 0 bridgehead atoms. The van der Waals surface area contributed by atoms with Crippen LogP contribution in [0.4, 0.5) is 16.2 Å². The van der Waals surface area contributed by atoms with Crippen molar-refractivity contribution < 1.29 is 52.6 Å². The second kappa shape index (κ2) is 40.8. The zero-order valence-corrected chi connectivity index (χ0v) is 61.7. The third-order valence-electron chi connectivity index (χ3n) is 19.4. The third kappa shape index (κ3) is 27.0. The summed E-state index contributed by atoms with van der Waals surface area (Å²) in [5.41, 5.74) is 9.51. The Labute approximate surface area is 580 Å². The van der Waals surface area contributed by atoms with Crippen LogP contribution in [0.2, 0.25) is 0 Å². The Morgan fingerprint density at radius 1 is 0.660 bits per heavy atom. The maximum atomic E-state index is 14.7. The molecule has 0 aromatic heterocycles. The number of carbonyl (C=O) groups is 9. The summed E-state index contributed by atoms with van der Waals surface area (Å²) in [5.74, 6) is -4.22. The van der Waals surface area contributed by atoms with Crippen molar-refractivity contribution in [3.63, 3.8) is 0 Å². The zero-order chi connectivity index (χ0) is 72.3. The van der Waals surface area contributed by atoms with Gasteiger partial charge in [0, 0.05) is 83.3 Å². The number of rotatable bonds is 42. The monoisotopic (exact) mass is 1350 g/mol. The molecule has 540 valence electrons. The highest BCUT2D eigenvalue weighted by Gasteiger charge is 2.44. The van der Waals surface area contributed by atoms with E-state index in [1.165, 1.54) is 7.11 Å². The summed E-state index contributed by atoms with van der Waals surface area (Å²) in [6.07, 6.45) is 6.97. The van der Waals surface area contributed by atoms with E-state index in [0.717, 1.165) is 42.4 Å². The van der Waals surface area contributed by atoms with E-state index in [1.807, 2.05) is 146 Å². The molecule has 11 atom stereocenters. The van der Waals surface area contributed by atoms with Gasteiger partial charge in [-0.25, -0.2) is 4.79 Å². The number of urea groups is 1. The van der Waals surface area contributed by atoms with E-state index in [4.69, 9.17) is 15.2 Å². The van der Waals surface area contributed by atoms with Gasteiger partial charge in [0.1, 0.15) is 6.04 Å². The van der Waals surface area contributed by atoms with Crippen molar-refractivity contribution in [2.75, 3.05) is 59.1 Å². The zero-order valence-electron chi connectivity index (χ0n) is 61.7. The number of nitrogens with one attached hydrogen (secondary N) is 5. The lowest BCUT2D eigenvalue weighted by Gasteiger charge is -2.41. The van der Waals surface area contributed by atoms with E-state index >= 15 is 0 Å².